The van der Waals surface area contributed by atoms with E-state index < -0.39 is 0 Å². The summed E-state index contributed by atoms with van der Waals surface area (Å²) in [6.45, 7) is 8.99. The Bertz CT molecular complexity index is 549. The van der Waals surface area contributed by atoms with Gasteiger partial charge in [-0.25, -0.2) is 4.99 Å². The molecule has 2 rings (SSSR count). The molecule has 0 aromatic rings. The number of piperidine rings is 1. The van der Waals surface area contributed by atoms with Crippen LogP contribution < -0.4 is 10.6 Å². The van der Waals surface area contributed by atoms with E-state index in [1.165, 1.54) is 4.90 Å². The van der Waals surface area contributed by atoms with Crippen LogP contribution in [0.3, 0.4) is 0 Å². The van der Waals surface area contributed by atoms with E-state index in [0.717, 1.165) is 44.0 Å². The number of rotatable bonds is 4. The van der Waals surface area contributed by atoms with E-state index in [9.17, 15) is 9.59 Å². The minimum atomic E-state index is -0.0333. The van der Waals surface area contributed by atoms with Gasteiger partial charge in [-0.15, -0.1) is 24.0 Å². The molecule has 7 nitrogen and oxygen atoms in total. The molecule has 1 spiro atoms. The lowest BCUT2D eigenvalue weighted by Gasteiger charge is -2.41. The van der Waals surface area contributed by atoms with E-state index in [-0.39, 0.29) is 47.8 Å². The summed E-state index contributed by atoms with van der Waals surface area (Å²) < 4.78 is 0. The van der Waals surface area contributed by atoms with Gasteiger partial charge >= 0.3 is 0 Å². The number of halogens is 1. The largest absolute Gasteiger partial charge is 0.355 e. The Balaban J connectivity index is 0.00000312. The molecule has 2 N–H and O–H groups in total. The Morgan fingerprint density at radius 1 is 1.48 bits per heavy atom. The number of hydrogen-bond donors (Lipinski definition) is 2. The Hall–Kier alpha value is -1.32. The van der Waals surface area contributed by atoms with Crippen LogP contribution in [-0.4, -0.2) is 74.4 Å². The van der Waals surface area contributed by atoms with Gasteiger partial charge in [-0.3, -0.25) is 9.59 Å². The minimum Gasteiger partial charge on any atom is -0.355 e. The molecule has 2 saturated heterocycles. The van der Waals surface area contributed by atoms with Crippen molar-refractivity contribution in [3.05, 3.63) is 12.2 Å². The zero-order valence-electron chi connectivity index (χ0n) is 15.4. The normalized spacial score (nSPS) is 23.1. The first-order valence-corrected chi connectivity index (χ1v) is 8.46. The summed E-state index contributed by atoms with van der Waals surface area (Å²) in [6.07, 6.45) is 2.64. The van der Waals surface area contributed by atoms with Crippen LogP contribution in [0.4, 0.5) is 0 Å². The Morgan fingerprint density at radius 2 is 2.20 bits per heavy atom. The second-order valence-corrected chi connectivity index (χ2v) is 7.22. The number of likely N-dealkylation sites (N-methyl/N-ethyl adjacent to an activating group) is 1. The third kappa shape index (κ3) is 6.16. The number of carbonyl (C=O) groups excluding carboxylic acids is 2. The summed E-state index contributed by atoms with van der Waals surface area (Å²) in [7, 11) is 3.45. The van der Waals surface area contributed by atoms with Crippen LogP contribution >= 0.6 is 24.0 Å². The molecular weight excluding hydrogens is 433 g/mol. The smallest absolute Gasteiger partial charge is 0.243 e. The van der Waals surface area contributed by atoms with Gasteiger partial charge in [0, 0.05) is 52.1 Å². The van der Waals surface area contributed by atoms with Crippen LogP contribution in [0.1, 0.15) is 26.2 Å². The molecule has 2 aliphatic heterocycles. The highest BCUT2D eigenvalue weighted by Crippen LogP contribution is 2.35. The minimum absolute atomic E-state index is 0. The average Bonchev–Trinajstić information content (AvgIpc) is 2.86. The third-order valence-corrected chi connectivity index (χ3v) is 4.57. The summed E-state index contributed by atoms with van der Waals surface area (Å²) >= 11 is 0. The SMILES string of the molecule is C=C(C)CNC(=NCC(=O)N(C)C)N1CCCC2(CNC(=O)C2)C1.I. The van der Waals surface area contributed by atoms with Crippen molar-refractivity contribution in [2.24, 2.45) is 10.4 Å². The van der Waals surface area contributed by atoms with E-state index in [2.05, 4.69) is 27.1 Å². The molecule has 25 heavy (non-hydrogen) atoms. The van der Waals surface area contributed by atoms with Crippen molar-refractivity contribution in [1.82, 2.24) is 20.4 Å². The number of nitrogens with zero attached hydrogens (tertiary/aromatic N) is 3. The maximum Gasteiger partial charge on any atom is 0.243 e. The second kappa shape index (κ2) is 9.40. The van der Waals surface area contributed by atoms with Crippen LogP contribution in [0.5, 0.6) is 0 Å². The van der Waals surface area contributed by atoms with Crippen molar-refractivity contribution < 1.29 is 9.59 Å². The lowest BCUT2D eigenvalue weighted by atomic mass is 9.79. The molecule has 1 atom stereocenters. The molecule has 0 aliphatic carbocycles. The predicted octanol–water partition coefficient (Wildman–Crippen LogP) is 0.816. The Morgan fingerprint density at radius 3 is 2.76 bits per heavy atom. The summed E-state index contributed by atoms with van der Waals surface area (Å²) in [4.78, 5) is 31.7. The fourth-order valence-corrected chi connectivity index (χ4v) is 3.21. The van der Waals surface area contributed by atoms with E-state index in [1.807, 2.05) is 6.92 Å². The van der Waals surface area contributed by atoms with E-state index in [4.69, 9.17) is 0 Å². The van der Waals surface area contributed by atoms with Crippen LogP contribution in [0.15, 0.2) is 17.1 Å². The molecule has 0 bridgehead atoms. The second-order valence-electron chi connectivity index (χ2n) is 7.22. The molecule has 2 aliphatic rings. The van der Waals surface area contributed by atoms with Crippen molar-refractivity contribution in [3.63, 3.8) is 0 Å². The van der Waals surface area contributed by atoms with Crippen LogP contribution in [0.2, 0.25) is 0 Å². The molecule has 0 aromatic heterocycles. The highest BCUT2D eigenvalue weighted by atomic mass is 127. The lowest BCUT2D eigenvalue weighted by Crippen LogP contribution is -2.51. The Labute approximate surface area is 167 Å². The number of amides is 2. The van der Waals surface area contributed by atoms with E-state index >= 15 is 0 Å². The molecule has 0 radical (unpaired) electrons. The van der Waals surface area contributed by atoms with E-state index in [1.54, 1.807) is 14.1 Å². The molecule has 1 unspecified atom stereocenters. The van der Waals surface area contributed by atoms with Gasteiger partial charge in [0.15, 0.2) is 5.96 Å². The first-order valence-electron chi connectivity index (χ1n) is 8.46. The summed E-state index contributed by atoms with van der Waals surface area (Å²) in [5, 5.41) is 6.26. The molecule has 8 heteroatoms. The van der Waals surface area contributed by atoms with Crippen LogP contribution in [0, 0.1) is 5.41 Å². The van der Waals surface area contributed by atoms with Crippen molar-refractivity contribution in [2.75, 3.05) is 46.8 Å². The fraction of sp³-hybridized carbons (Fsp3) is 0.706. The Kier molecular flexibility index (Phi) is 8.17. The van der Waals surface area contributed by atoms with Gasteiger partial charge in [-0.05, 0) is 19.8 Å². The topological polar surface area (TPSA) is 77.0 Å². The van der Waals surface area contributed by atoms with Gasteiger partial charge < -0.3 is 20.4 Å². The van der Waals surface area contributed by atoms with Crippen LogP contribution in [0.25, 0.3) is 0 Å². The van der Waals surface area contributed by atoms with Gasteiger partial charge in [0.2, 0.25) is 11.8 Å². The number of guanidine groups is 1. The monoisotopic (exact) mass is 463 g/mol. The molecule has 142 valence electrons. The maximum absolute atomic E-state index is 11.9. The zero-order valence-corrected chi connectivity index (χ0v) is 17.8. The maximum atomic E-state index is 11.9. The lowest BCUT2D eigenvalue weighted by molar-refractivity contribution is -0.127. The first-order chi connectivity index (χ1) is 11.3. The van der Waals surface area contributed by atoms with Gasteiger partial charge in [0.1, 0.15) is 6.54 Å². The van der Waals surface area contributed by atoms with Gasteiger partial charge in [0.05, 0.1) is 0 Å². The number of likely N-dealkylation sites (tertiary alicyclic amines) is 1. The predicted molar refractivity (Wildman–Crippen MR) is 110 cm³/mol. The van der Waals surface area contributed by atoms with Crippen molar-refractivity contribution in [2.45, 2.75) is 26.2 Å². The fourth-order valence-electron chi connectivity index (χ4n) is 3.21. The number of carbonyl (C=O) groups is 2. The number of hydrogen-bond acceptors (Lipinski definition) is 3. The highest BCUT2D eigenvalue weighted by Gasteiger charge is 2.42. The summed E-state index contributed by atoms with van der Waals surface area (Å²) in [5.41, 5.74) is 0.998. The molecule has 2 heterocycles. The standard InChI is InChI=1S/C17H29N5O2.HI/c1-13(2)9-18-16(19-10-15(24)21(3)4)22-7-5-6-17(12-22)8-14(23)20-11-17;/h1,5-12H2,2-4H3,(H,18,19)(H,20,23);1H. The molecule has 0 aromatic carbocycles. The molecular formula is C17H30IN5O2. The molecule has 0 saturated carbocycles. The van der Waals surface area contributed by atoms with Crippen molar-refractivity contribution in [1.29, 1.82) is 0 Å². The van der Waals surface area contributed by atoms with Gasteiger partial charge in [0.25, 0.3) is 0 Å². The number of nitrogens with one attached hydrogen (secondary N) is 2. The first kappa shape index (κ1) is 21.7. The third-order valence-electron chi connectivity index (χ3n) is 4.57. The summed E-state index contributed by atoms with van der Waals surface area (Å²) in [6, 6.07) is 0. The quantitative estimate of drug-likeness (QED) is 0.280. The summed E-state index contributed by atoms with van der Waals surface area (Å²) in [5.74, 6) is 0.828. The zero-order chi connectivity index (χ0) is 17.7. The highest BCUT2D eigenvalue weighted by molar-refractivity contribution is 14.0. The van der Waals surface area contributed by atoms with Crippen molar-refractivity contribution >= 4 is 41.8 Å². The molecule has 2 amide bonds. The van der Waals surface area contributed by atoms with Gasteiger partial charge in [-0.1, -0.05) is 12.2 Å². The van der Waals surface area contributed by atoms with Crippen molar-refractivity contribution in [3.8, 4) is 0 Å². The number of aliphatic imine (C=N–C) groups is 1. The average molecular weight is 463 g/mol. The molecule has 2 fully saturated rings. The van der Waals surface area contributed by atoms with E-state index in [0.29, 0.717) is 13.0 Å². The van der Waals surface area contributed by atoms with Crippen LogP contribution in [-0.2, 0) is 9.59 Å². The van der Waals surface area contributed by atoms with Gasteiger partial charge in [-0.2, -0.15) is 0 Å².